The normalized spacial score (nSPS) is 10.8. The zero-order valence-corrected chi connectivity index (χ0v) is 10.3. The SMILES string of the molecule is O=C(O)c1ccc2nc(-c3ccncc3Cl)[nH]c2c1. The fourth-order valence-electron chi connectivity index (χ4n) is 1.84. The van der Waals surface area contributed by atoms with Crippen LogP contribution in [0.5, 0.6) is 0 Å². The molecule has 0 aliphatic rings. The molecule has 0 unspecified atom stereocenters. The standard InChI is InChI=1S/C13H8ClN3O2/c14-9-6-15-4-3-8(9)12-16-10-2-1-7(13(18)19)5-11(10)17-12/h1-6H,(H,16,17)(H,18,19). The molecule has 1 aromatic carbocycles. The average Bonchev–Trinajstić information content (AvgIpc) is 2.81. The molecule has 3 rings (SSSR count). The maximum Gasteiger partial charge on any atom is 0.335 e. The van der Waals surface area contributed by atoms with E-state index in [1.54, 1.807) is 24.4 Å². The number of pyridine rings is 1. The number of fused-ring (bicyclic) bond motifs is 1. The lowest BCUT2D eigenvalue weighted by Gasteiger charge is -1.97. The topological polar surface area (TPSA) is 78.9 Å². The first-order chi connectivity index (χ1) is 9.15. The van der Waals surface area contributed by atoms with Crippen molar-refractivity contribution in [2.45, 2.75) is 0 Å². The highest BCUT2D eigenvalue weighted by Gasteiger charge is 2.10. The largest absolute Gasteiger partial charge is 0.478 e. The van der Waals surface area contributed by atoms with Crippen molar-refractivity contribution in [3.05, 3.63) is 47.2 Å². The number of aromatic amines is 1. The molecular formula is C13H8ClN3O2. The van der Waals surface area contributed by atoms with Crippen molar-refractivity contribution in [1.82, 2.24) is 15.0 Å². The molecule has 0 aliphatic heterocycles. The molecule has 2 N–H and O–H groups in total. The second kappa shape index (κ2) is 4.37. The van der Waals surface area contributed by atoms with Gasteiger partial charge in [0, 0.05) is 18.0 Å². The van der Waals surface area contributed by atoms with Crippen molar-refractivity contribution < 1.29 is 9.90 Å². The van der Waals surface area contributed by atoms with Gasteiger partial charge in [-0.1, -0.05) is 11.6 Å². The maximum atomic E-state index is 10.9. The summed E-state index contributed by atoms with van der Waals surface area (Å²) in [6, 6.07) is 6.47. The highest BCUT2D eigenvalue weighted by atomic mass is 35.5. The van der Waals surface area contributed by atoms with Crippen LogP contribution < -0.4 is 0 Å². The number of nitrogens with zero attached hydrogens (tertiary/aromatic N) is 2. The van der Waals surface area contributed by atoms with E-state index in [0.29, 0.717) is 21.9 Å². The zero-order chi connectivity index (χ0) is 13.4. The number of carboxylic acid groups (broad SMARTS) is 1. The smallest absolute Gasteiger partial charge is 0.335 e. The molecule has 0 spiro atoms. The van der Waals surface area contributed by atoms with Crippen LogP contribution in [-0.4, -0.2) is 26.0 Å². The average molecular weight is 274 g/mol. The summed E-state index contributed by atoms with van der Waals surface area (Å²) in [6.45, 7) is 0. The molecule has 0 fully saturated rings. The third-order valence-electron chi connectivity index (χ3n) is 2.76. The van der Waals surface area contributed by atoms with Gasteiger partial charge in [-0.3, -0.25) is 4.98 Å². The molecule has 0 bridgehead atoms. The Morgan fingerprint density at radius 2 is 2.16 bits per heavy atom. The van der Waals surface area contributed by atoms with Crippen molar-refractivity contribution in [2.24, 2.45) is 0 Å². The van der Waals surface area contributed by atoms with Crippen LogP contribution in [0.2, 0.25) is 5.02 Å². The first kappa shape index (κ1) is 11.7. The molecule has 5 nitrogen and oxygen atoms in total. The molecule has 94 valence electrons. The number of hydrogen-bond donors (Lipinski definition) is 2. The summed E-state index contributed by atoms with van der Waals surface area (Å²) in [5.74, 6) is -0.384. The van der Waals surface area contributed by atoms with E-state index in [9.17, 15) is 4.79 Å². The zero-order valence-electron chi connectivity index (χ0n) is 9.59. The molecule has 0 saturated heterocycles. The lowest BCUT2D eigenvalue weighted by atomic mass is 10.2. The number of halogens is 1. The van der Waals surface area contributed by atoms with Crippen LogP contribution in [0, 0.1) is 0 Å². The van der Waals surface area contributed by atoms with Gasteiger partial charge in [0.15, 0.2) is 0 Å². The summed E-state index contributed by atoms with van der Waals surface area (Å²) in [4.78, 5) is 22.3. The molecule has 6 heteroatoms. The van der Waals surface area contributed by atoms with Gasteiger partial charge in [0.25, 0.3) is 0 Å². The molecule has 0 atom stereocenters. The van der Waals surface area contributed by atoms with Gasteiger partial charge < -0.3 is 10.1 Å². The van der Waals surface area contributed by atoms with Crippen molar-refractivity contribution in [3.63, 3.8) is 0 Å². The second-order valence-corrected chi connectivity index (χ2v) is 4.39. The van der Waals surface area contributed by atoms with Gasteiger partial charge in [-0.25, -0.2) is 9.78 Å². The van der Waals surface area contributed by atoms with Crippen LogP contribution in [0.3, 0.4) is 0 Å². The van der Waals surface area contributed by atoms with Crippen molar-refractivity contribution >= 4 is 28.6 Å². The highest BCUT2D eigenvalue weighted by molar-refractivity contribution is 6.33. The number of carboxylic acids is 1. The summed E-state index contributed by atoms with van der Waals surface area (Å²) < 4.78 is 0. The van der Waals surface area contributed by atoms with Crippen LogP contribution in [0.1, 0.15) is 10.4 Å². The van der Waals surface area contributed by atoms with E-state index in [2.05, 4.69) is 15.0 Å². The molecular weight excluding hydrogens is 266 g/mol. The lowest BCUT2D eigenvalue weighted by molar-refractivity contribution is 0.0697. The molecule has 0 saturated carbocycles. The van der Waals surface area contributed by atoms with E-state index in [-0.39, 0.29) is 5.56 Å². The van der Waals surface area contributed by atoms with Gasteiger partial charge in [-0.05, 0) is 24.3 Å². The van der Waals surface area contributed by atoms with Crippen LogP contribution in [-0.2, 0) is 0 Å². The summed E-state index contributed by atoms with van der Waals surface area (Å²) >= 11 is 6.05. The Bertz CT molecular complexity index is 782. The number of imidazole rings is 1. The fraction of sp³-hybridized carbons (Fsp3) is 0. The Hall–Kier alpha value is -2.40. The Kier molecular flexibility index (Phi) is 2.68. The van der Waals surface area contributed by atoms with Gasteiger partial charge >= 0.3 is 5.97 Å². The monoisotopic (exact) mass is 273 g/mol. The number of H-pyrrole nitrogens is 1. The Morgan fingerprint density at radius 3 is 2.89 bits per heavy atom. The summed E-state index contributed by atoms with van der Waals surface area (Å²) in [5.41, 5.74) is 2.28. The van der Waals surface area contributed by atoms with Gasteiger partial charge in [-0.2, -0.15) is 0 Å². The molecule has 19 heavy (non-hydrogen) atoms. The van der Waals surface area contributed by atoms with Crippen molar-refractivity contribution in [2.75, 3.05) is 0 Å². The lowest BCUT2D eigenvalue weighted by Crippen LogP contribution is -1.94. The number of hydrogen-bond acceptors (Lipinski definition) is 3. The predicted octanol–water partition coefficient (Wildman–Crippen LogP) is 2.98. The van der Waals surface area contributed by atoms with E-state index in [1.807, 2.05) is 0 Å². The minimum absolute atomic E-state index is 0.212. The van der Waals surface area contributed by atoms with E-state index in [0.717, 1.165) is 5.56 Å². The van der Waals surface area contributed by atoms with E-state index in [1.165, 1.54) is 12.3 Å². The number of nitrogens with one attached hydrogen (secondary N) is 1. The van der Waals surface area contributed by atoms with E-state index >= 15 is 0 Å². The van der Waals surface area contributed by atoms with E-state index in [4.69, 9.17) is 16.7 Å². The number of aromatic carboxylic acids is 1. The van der Waals surface area contributed by atoms with Gasteiger partial charge in [0.1, 0.15) is 5.82 Å². The van der Waals surface area contributed by atoms with Crippen LogP contribution >= 0.6 is 11.6 Å². The molecule has 3 aromatic rings. The van der Waals surface area contributed by atoms with Crippen LogP contribution in [0.15, 0.2) is 36.7 Å². The number of carbonyl (C=O) groups is 1. The second-order valence-electron chi connectivity index (χ2n) is 3.98. The first-order valence-electron chi connectivity index (χ1n) is 5.48. The van der Waals surface area contributed by atoms with Gasteiger partial charge in [0.2, 0.25) is 0 Å². The van der Waals surface area contributed by atoms with Gasteiger partial charge in [0.05, 0.1) is 21.6 Å². The molecule has 2 heterocycles. The number of benzene rings is 1. The summed E-state index contributed by atoms with van der Waals surface area (Å²) in [6.07, 6.45) is 3.16. The number of aromatic nitrogens is 3. The molecule has 0 radical (unpaired) electrons. The number of rotatable bonds is 2. The molecule has 0 aliphatic carbocycles. The third-order valence-corrected chi connectivity index (χ3v) is 3.06. The van der Waals surface area contributed by atoms with Crippen molar-refractivity contribution in [1.29, 1.82) is 0 Å². The van der Waals surface area contributed by atoms with E-state index < -0.39 is 5.97 Å². The summed E-state index contributed by atoms with van der Waals surface area (Å²) in [5, 5.41) is 9.43. The Labute approximate surface area is 112 Å². The van der Waals surface area contributed by atoms with Crippen LogP contribution in [0.25, 0.3) is 22.4 Å². The molecule has 0 amide bonds. The van der Waals surface area contributed by atoms with Crippen molar-refractivity contribution in [3.8, 4) is 11.4 Å². The minimum Gasteiger partial charge on any atom is -0.478 e. The Balaban J connectivity index is 2.17. The summed E-state index contributed by atoms with van der Waals surface area (Å²) in [7, 11) is 0. The van der Waals surface area contributed by atoms with Gasteiger partial charge in [-0.15, -0.1) is 0 Å². The third kappa shape index (κ3) is 2.04. The van der Waals surface area contributed by atoms with Crippen LogP contribution in [0.4, 0.5) is 0 Å². The highest BCUT2D eigenvalue weighted by Crippen LogP contribution is 2.26. The fourth-order valence-corrected chi connectivity index (χ4v) is 2.05. The predicted molar refractivity (Wildman–Crippen MR) is 71.3 cm³/mol. The minimum atomic E-state index is -0.972. The Morgan fingerprint density at radius 1 is 1.32 bits per heavy atom. The quantitative estimate of drug-likeness (QED) is 0.752. The maximum absolute atomic E-state index is 10.9. The molecule has 2 aromatic heterocycles. The first-order valence-corrected chi connectivity index (χ1v) is 5.86.